The summed E-state index contributed by atoms with van der Waals surface area (Å²) in [6, 6.07) is 6.72. The second-order valence-electron chi connectivity index (χ2n) is 5.05. The van der Waals surface area contributed by atoms with Crippen LogP contribution in [0.25, 0.3) is 5.65 Å². The highest BCUT2D eigenvalue weighted by atomic mass is 19.3. The normalized spacial score (nSPS) is 10.8. The van der Waals surface area contributed by atoms with Crippen molar-refractivity contribution in [1.29, 1.82) is 5.26 Å². The number of imidazole rings is 1. The summed E-state index contributed by atoms with van der Waals surface area (Å²) in [4.78, 5) is 20.1. The molecule has 0 aliphatic carbocycles. The van der Waals surface area contributed by atoms with E-state index in [9.17, 15) is 13.6 Å². The molecular weight excluding hydrogens is 316 g/mol. The largest absolute Gasteiger partial charge is 0.320 e. The lowest BCUT2D eigenvalue weighted by Crippen LogP contribution is -2.17. The van der Waals surface area contributed by atoms with E-state index in [2.05, 4.69) is 15.3 Å². The Bertz CT molecular complexity index is 974. The molecule has 3 rings (SSSR count). The van der Waals surface area contributed by atoms with E-state index in [0.717, 1.165) is 0 Å². The van der Waals surface area contributed by atoms with Crippen molar-refractivity contribution in [2.75, 3.05) is 5.32 Å². The lowest BCUT2D eigenvalue weighted by atomic mass is 10.1. The quantitative estimate of drug-likeness (QED) is 0.801. The van der Waals surface area contributed by atoms with Crippen LogP contribution in [0.4, 0.5) is 14.5 Å². The van der Waals surface area contributed by atoms with E-state index in [4.69, 9.17) is 5.26 Å². The smallest absolute Gasteiger partial charge is 0.282 e. The molecule has 0 radical (unpaired) electrons. The first-order valence-electron chi connectivity index (χ1n) is 6.93. The average molecular weight is 327 g/mol. The average Bonchev–Trinajstić information content (AvgIpc) is 2.96. The summed E-state index contributed by atoms with van der Waals surface area (Å²) < 4.78 is 27.7. The molecule has 1 N–H and O–H groups in total. The molecule has 0 fully saturated rings. The van der Waals surface area contributed by atoms with Gasteiger partial charge in [-0.15, -0.1) is 0 Å². The summed E-state index contributed by atoms with van der Waals surface area (Å²) in [5.41, 5.74) is 0.714. The van der Waals surface area contributed by atoms with Crippen molar-refractivity contribution in [3.63, 3.8) is 0 Å². The number of aryl methyl sites for hydroxylation is 1. The summed E-state index contributed by atoms with van der Waals surface area (Å²) in [7, 11) is 0. The van der Waals surface area contributed by atoms with Crippen LogP contribution in [0.1, 0.15) is 33.7 Å². The van der Waals surface area contributed by atoms with Crippen molar-refractivity contribution >= 4 is 17.2 Å². The van der Waals surface area contributed by atoms with Crippen LogP contribution in [0.15, 0.2) is 36.8 Å². The molecule has 1 amide bonds. The van der Waals surface area contributed by atoms with Crippen molar-refractivity contribution < 1.29 is 13.6 Å². The first-order chi connectivity index (χ1) is 11.5. The minimum atomic E-state index is -2.91. The Morgan fingerprint density at radius 2 is 2.21 bits per heavy atom. The number of halogens is 2. The topological polar surface area (TPSA) is 83.1 Å². The number of nitriles is 1. The fourth-order valence-electron chi connectivity index (χ4n) is 2.31. The molecule has 2 heterocycles. The molecule has 1 aromatic carbocycles. The van der Waals surface area contributed by atoms with E-state index in [1.54, 1.807) is 19.1 Å². The number of benzene rings is 1. The zero-order valence-corrected chi connectivity index (χ0v) is 12.5. The molecule has 6 nitrogen and oxygen atoms in total. The molecule has 8 heteroatoms. The third-order valence-electron chi connectivity index (χ3n) is 3.49. The van der Waals surface area contributed by atoms with Crippen LogP contribution in [0.5, 0.6) is 0 Å². The van der Waals surface area contributed by atoms with Gasteiger partial charge in [0.25, 0.3) is 12.3 Å². The maximum Gasteiger partial charge on any atom is 0.282 e. The van der Waals surface area contributed by atoms with E-state index < -0.39 is 18.0 Å². The number of anilines is 1. The van der Waals surface area contributed by atoms with Crippen LogP contribution >= 0.6 is 0 Å². The number of carbonyl (C=O) groups excluding carboxylic acids is 1. The zero-order valence-electron chi connectivity index (χ0n) is 12.5. The molecular formula is C16H11F2N5O. The van der Waals surface area contributed by atoms with Crippen molar-refractivity contribution in [1.82, 2.24) is 14.4 Å². The molecule has 0 saturated heterocycles. The molecule has 0 spiro atoms. The van der Waals surface area contributed by atoms with Crippen LogP contribution in [-0.2, 0) is 0 Å². The molecule has 120 valence electrons. The van der Waals surface area contributed by atoms with E-state index in [1.165, 1.54) is 29.1 Å². The summed E-state index contributed by atoms with van der Waals surface area (Å²) in [5, 5.41) is 11.5. The molecule has 0 saturated carbocycles. The molecule has 2 aromatic heterocycles. The Hall–Kier alpha value is -3.34. The Kier molecular flexibility index (Phi) is 3.92. The van der Waals surface area contributed by atoms with Crippen molar-refractivity contribution in [2.45, 2.75) is 13.3 Å². The highest BCUT2D eigenvalue weighted by molar-refractivity contribution is 6.05. The minimum absolute atomic E-state index is 0.153. The lowest BCUT2D eigenvalue weighted by Gasteiger charge is -2.09. The van der Waals surface area contributed by atoms with Gasteiger partial charge < -0.3 is 5.32 Å². The summed E-state index contributed by atoms with van der Waals surface area (Å²) in [6.07, 6.45) is 1.16. The summed E-state index contributed by atoms with van der Waals surface area (Å²) in [5.74, 6) is -0.734. The van der Waals surface area contributed by atoms with Crippen molar-refractivity contribution in [3.8, 4) is 6.07 Å². The minimum Gasteiger partial charge on any atom is -0.320 e. The summed E-state index contributed by atoms with van der Waals surface area (Å²) >= 11 is 0. The number of hydrogen-bond acceptors (Lipinski definition) is 4. The van der Waals surface area contributed by atoms with Gasteiger partial charge in [-0.1, -0.05) is 6.07 Å². The molecule has 3 aromatic rings. The Balaban J connectivity index is 2.06. The maximum atomic E-state index is 13.2. The van der Waals surface area contributed by atoms with Crippen LogP contribution in [0, 0.1) is 18.3 Å². The Morgan fingerprint density at radius 3 is 2.92 bits per heavy atom. The van der Waals surface area contributed by atoms with Crippen LogP contribution in [-0.4, -0.2) is 20.3 Å². The van der Waals surface area contributed by atoms with E-state index >= 15 is 0 Å². The number of carbonyl (C=O) groups is 1. The Morgan fingerprint density at radius 1 is 1.42 bits per heavy atom. The highest BCUT2D eigenvalue weighted by Gasteiger charge is 2.25. The maximum absolute atomic E-state index is 13.2. The fraction of sp³-hybridized carbons (Fsp3) is 0.125. The number of rotatable bonds is 3. The fourth-order valence-corrected chi connectivity index (χ4v) is 2.31. The van der Waals surface area contributed by atoms with Gasteiger partial charge in [0.1, 0.15) is 11.4 Å². The third-order valence-corrected chi connectivity index (χ3v) is 3.49. The number of nitrogens with zero attached hydrogens (tertiary/aromatic N) is 4. The first kappa shape index (κ1) is 15.6. The molecule has 24 heavy (non-hydrogen) atoms. The monoisotopic (exact) mass is 327 g/mol. The first-order valence-corrected chi connectivity index (χ1v) is 6.93. The van der Waals surface area contributed by atoms with Gasteiger partial charge in [-0.25, -0.2) is 13.8 Å². The molecule has 0 aliphatic heterocycles. The summed E-state index contributed by atoms with van der Waals surface area (Å²) in [6.45, 7) is 1.74. The number of aromatic nitrogens is 3. The van der Waals surface area contributed by atoms with E-state index in [-0.39, 0.29) is 11.3 Å². The van der Waals surface area contributed by atoms with Gasteiger partial charge in [-0.05, 0) is 24.6 Å². The SMILES string of the molecule is Cc1ccc(C#N)cc1NC(=O)c1c(C(F)F)nc2cnccn12. The van der Waals surface area contributed by atoms with Crippen molar-refractivity contribution in [3.05, 3.63) is 59.3 Å². The second kappa shape index (κ2) is 6.04. The molecule has 0 unspecified atom stereocenters. The van der Waals surface area contributed by atoms with Crippen molar-refractivity contribution in [2.24, 2.45) is 0 Å². The molecule has 0 atom stereocenters. The lowest BCUT2D eigenvalue weighted by molar-refractivity contribution is 0.1000. The van der Waals surface area contributed by atoms with Gasteiger partial charge in [-0.3, -0.25) is 14.2 Å². The van der Waals surface area contributed by atoms with Gasteiger partial charge in [-0.2, -0.15) is 5.26 Å². The molecule has 0 bridgehead atoms. The number of hydrogen-bond donors (Lipinski definition) is 1. The number of amides is 1. The van der Waals surface area contributed by atoms with Gasteiger partial charge in [0, 0.05) is 18.1 Å². The number of fused-ring (bicyclic) bond motifs is 1. The standard InChI is InChI=1S/C16H11F2N5O/c1-9-2-3-10(7-19)6-11(9)21-16(24)14-13(15(17)18)22-12-8-20-4-5-23(12)14/h2-6,8,15H,1H3,(H,21,24). The highest BCUT2D eigenvalue weighted by Crippen LogP contribution is 2.25. The van der Waals surface area contributed by atoms with Crippen LogP contribution < -0.4 is 5.32 Å². The van der Waals surface area contributed by atoms with E-state index in [0.29, 0.717) is 16.8 Å². The predicted octanol–water partition coefficient (Wildman–Crippen LogP) is 3.10. The van der Waals surface area contributed by atoms with Gasteiger partial charge >= 0.3 is 0 Å². The third kappa shape index (κ3) is 2.67. The number of nitrogens with one attached hydrogen (secondary N) is 1. The molecule has 0 aliphatic rings. The van der Waals surface area contributed by atoms with Crippen LogP contribution in [0.3, 0.4) is 0 Å². The van der Waals surface area contributed by atoms with Gasteiger partial charge in [0.15, 0.2) is 5.65 Å². The Labute approximate surface area is 135 Å². The van der Waals surface area contributed by atoms with Gasteiger partial charge in [0.2, 0.25) is 0 Å². The number of alkyl halides is 2. The zero-order chi connectivity index (χ0) is 17.3. The van der Waals surface area contributed by atoms with Gasteiger partial charge in [0.05, 0.1) is 17.8 Å². The van der Waals surface area contributed by atoms with E-state index in [1.807, 2.05) is 6.07 Å². The predicted molar refractivity (Wildman–Crippen MR) is 81.8 cm³/mol. The second-order valence-corrected chi connectivity index (χ2v) is 5.05. The van der Waals surface area contributed by atoms with Crippen LogP contribution in [0.2, 0.25) is 0 Å².